The van der Waals surface area contributed by atoms with Crippen LogP contribution in [0, 0.1) is 0 Å². The van der Waals surface area contributed by atoms with Gasteiger partial charge in [0, 0.05) is 24.7 Å². The van der Waals surface area contributed by atoms with Crippen LogP contribution in [0.2, 0.25) is 0 Å². The highest BCUT2D eigenvalue weighted by atomic mass is 15.3. The standard InChI is InChI=1S/C17H35N3/c1-4-12-18-16-10-6-5-7-11-17(16)20-13-8-9-15(20)14-19(2)3/h15-18H,4-14H2,1-3H3. The van der Waals surface area contributed by atoms with E-state index >= 15 is 0 Å². The lowest BCUT2D eigenvalue weighted by Crippen LogP contribution is -2.53. The van der Waals surface area contributed by atoms with Crippen molar-refractivity contribution in [1.82, 2.24) is 15.1 Å². The molecular weight excluding hydrogens is 246 g/mol. The third-order valence-corrected chi connectivity index (χ3v) is 5.06. The molecule has 20 heavy (non-hydrogen) atoms. The van der Waals surface area contributed by atoms with Crippen molar-refractivity contribution < 1.29 is 0 Å². The molecule has 1 aliphatic heterocycles. The second kappa shape index (κ2) is 8.35. The Morgan fingerprint density at radius 2 is 1.85 bits per heavy atom. The van der Waals surface area contributed by atoms with Crippen LogP contribution in [0.1, 0.15) is 58.3 Å². The number of rotatable bonds is 6. The van der Waals surface area contributed by atoms with Gasteiger partial charge in [-0.3, -0.25) is 4.90 Å². The molecule has 2 aliphatic rings. The highest BCUT2D eigenvalue weighted by molar-refractivity contribution is 4.93. The first-order chi connectivity index (χ1) is 9.72. The molecule has 1 saturated carbocycles. The summed E-state index contributed by atoms with van der Waals surface area (Å²) in [5.74, 6) is 0. The molecule has 118 valence electrons. The van der Waals surface area contributed by atoms with Gasteiger partial charge in [0.2, 0.25) is 0 Å². The summed E-state index contributed by atoms with van der Waals surface area (Å²) < 4.78 is 0. The van der Waals surface area contributed by atoms with Crippen molar-refractivity contribution in [2.75, 3.05) is 33.7 Å². The number of hydrogen-bond acceptors (Lipinski definition) is 3. The number of nitrogens with zero attached hydrogens (tertiary/aromatic N) is 2. The van der Waals surface area contributed by atoms with E-state index in [1.165, 1.54) is 71.0 Å². The van der Waals surface area contributed by atoms with Crippen LogP contribution in [0.5, 0.6) is 0 Å². The van der Waals surface area contributed by atoms with Crippen LogP contribution in [0.4, 0.5) is 0 Å². The fourth-order valence-corrected chi connectivity index (χ4v) is 4.17. The van der Waals surface area contributed by atoms with Gasteiger partial charge in [-0.05, 0) is 59.3 Å². The summed E-state index contributed by atoms with van der Waals surface area (Å²) in [6.07, 6.45) is 11.1. The summed E-state index contributed by atoms with van der Waals surface area (Å²) in [6.45, 7) is 6.03. The van der Waals surface area contributed by atoms with E-state index in [9.17, 15) is 0 Å². The quantitative estimate of drug-likeness (QED) is 0.755. The fourth-order valence-electron chi connectivity index (χ4n) is 4.17. The molecule has 0 bridgehead atoms. The number of likely N-dealkylation sites (tertiary alicyclic amines) is 1. The molecule has 2 fully saturated rings. The van der Waals surface area contributed by atoms with Gasteiger partial charge in [0.25, 0.3) is 0 Å². The Bertz CT molecular complexity index is 267. The Hall–Kier alpha value is -0.120. The van der Waals surface area contributed by atoms with Crippen molar-refractivity contribution in [3.8, 4) is 0 Å². The Morgan fingerprint density at radius 3 is 2.60 bits per heavy atom. The Morgan fingerprint density at radius 1 is 1.05 bits per heavy atom. The molecule has 1 N–H and O–H groups in total. The zero-order chi connectivity index (χ0) is 14.4. The van der Waals surface area contributed by atoms with E-state index < -0.39 is 0 Å². The molecule has 0 spiro atoms. The summed E-state index contributed by atoms with van der Waals surface area (Å²) in [6, 6.07) is 2.32. The Balaban J connectivity index is 2.00. The van der Waals surface area contributed by atoms with Crippen molar-refractivity contribution in [2.45, 2.75) is 76.4 Å². The second-order valence-electron chi connectivity index (χ2n) is 7.06. The largest absolute Gasteiger partial charge is 0.312 e. The maximum atomic E-state index is 3.86. The van der Waals surface area contributed by atoms with E-state index in [4.69, 9.17) is 0 Å². The van der Waals surface area contributed by atoms with Gasteiger partial charge in [0.05, 0.1) is 0 Å². The summed E-state index contributed by atoms with van der Waals surface area (Å²) in [5, 5.41) is 3.86. The minimum absolute atomic E-state index is 0.736. The zero-order valence-electron chi connectivity index (χ0n) is 13.9. The van der Waals surface area contributed by atoms with Gasteiger partial charge in [-0.15, -0.1) is 0 Å². The van der Waals surface area contributed by atoms with Crippen LogP contribution < -0.4 is 5.32 Å². The molecule has 0 aromatic heterocycles. The lowest BCUT2D eigenvalue weighted by atomic mass is 10.00. The predicted octanol–water partition coefficient (Wildman–Crippen LogP) is 2.71. The predicted molar refractivity (Wildman–Crippen MR) is 87.2 cm³/mol. The van der Waals surface area contributed by atoms with E-state index in [-0.39, 0.29) is 0 Å². The summed E-state index contributed by atoms with van der Waals surface area (Å²) in [5.41, 5.74) is 0. The third-order valence-electron chi connectivity index (χ3n) is 5.06. The van der Waals surface area contributed by atoms with Crippen molar-refractivity contribution in [3.63, 3.8) is 0 Å². The number of likely N-dealkylation sites (N-methyl/N-ethyl adjacent to an activating group) is 1. The van der Waals surface area contributed by atoms with Crippen LogP contribution in [0.15, 0.2) is 0 Å². The van der Waals surface area contributed by atoms with Crippen molar-refractivity contribution in [1.29, 1.82) is 0 Å². The first kappa shape index (κ1) is 16.3. The Labute approximate surface area is 126 Å². The maximum absolute atomic E-state index is 3.86. The Kier molecular flexibility index (Phi) is 6.79. The monoisotopic (exact) mass is 281 g/mol. The molecule has 1 saturated heterocycles. The smallest absolute Gasteiger partial charge is 0.0252 e. The molecule has 3 unspecified atom stereocenters. The molecule has 2 rings (SSSR count). The molecule has 3 nitrogen and oxygen atoms in total. The van der Waals surface area contributed by atoms with Gasteiger partial charge >= 0.3 is 0 Å². The van der Waals surface area contributed by atoms with E-state index in [2.05, 4.69) is 36.1 Å². The number of hydrogen-bond donors (Lipinski definition) is 1. The molecule has 0 radical (unpaired) electrons. The van der Waals surface area contributed by atoms with Gasteiger partial charge in [-0.1, -0.05) is 26.2 Å². The maximum Gasteiger partial charge on any atom is 0.0252 e. The van der Waals surface area contributed by atoms with Gasteiger partial charge in [-0.25, -0.2) is 0 Å². The van der Waals surface area contributed by atoms with Gasteiger partial charge in [-0.2, -0.15) is 0 Å². The second-order valence-corrected chi connectivity index (χ2v) is 7.06. The zero-order valence-corrected chi connectivity index (χ0v) is 13.9. The van der Waals surface area contributed by atoms with Crippen LogP contribution in [-0.4, -0.2) is 61.7 Å². The third kappa shape index (κ3) is 4.44. The van der Waals surface area contributed by atoms with Crippen LogP contribution >= 0.6 is 0 Å². The van der Waals surface area contributed by atoms with Gasteiger partial charge < -0.3 is 10.2 Å². The first-order valence-corrected chi connectivity index (χ1v) is 8.86. The van der Waals surface area contributed by atoms with Crippen molar-refractivity contribution in [2.24, 2.45) is 0 Å². The molecule has 0 aromatic carbocycles. The van der Waals surface area contributed by atoms with E-state index in [1.807, 2.05) is 0 Å². The molecule has 0 aromatic rings. The average molecular weight is 281 g/mol. The fraction of sp³-hybridized carbons (Fsp3) is 1.00. The van der Waals surface area contributed by atoms with Crippen LogP contribution in [-0.2, 0) is 0 Å². The number of nitrogens with one attached hydrogen (secondary N) is 1. The summed E-state index contributed by atoms with van der Waals surface area (Å²) in [7, 11) is 4.44. The van der Waals surface area contributed by atoms with Gasteiger partial charge in [0.1, 0.15) is 0 Å². The molecular formula is C17H35N3. The summed E-state index contributed by atoms with van der Waals surface area (Å²) in [4.78, 5) is 5.23. The molecule has 0 amide bonds. The normalized spacial score (nSPS) is 32.7. The van der Waals surface area contributed by atoms with Crippen molar-refractivity contribution in [3.05, 3.63) is 0 Å². The lowest BCUT2D eigenvalue weighted by Gasteiger charge is -2.38. The van der Waals surface area contributed by atoms with Crippen LogP contribution in [0.3, 0.4) is 0 Å². The molecule has 3 atom stereocenters. The molecule has 1 heterocycles. The topological polar surface area (TPSA) is 18.5 Å². The molecule has 3 heteroatoms. The minimum atomic E-state index is 0.736. The first-order valence-electron chi connectivity index (χ1n) is 8.86. The molecule has 1 aliphatic carbocycles. The highest BCUT2D eigenvalue weighted by Gasteiger charge is 2.35. The minimum Gasteiger partial charge on any atom is -0.312 e. The van der Waals surface area contributed by atoms with E-state index in [0.29, 0.717) is 0 Å². The highest BCUT2D eigenvalue weighted by Crippen LogP contribution is 2.29. The lowest BCUT2D eigenvalue weighted by molar-refractivity contribution is 0.116. The SMILES string of the molecule is CCCNC1CCCCCC1N1CCCC1CN(C)C. The van der Waals surface area contributed by atoms with E-state index in [0.717, 1.165) is 18.1 Å². The van der Waals surface area contributed by atoms with Crippen molar-refractivity contribution >= 4 is 0 Å². The average Bonchev–Trinajstić information content (AvgIpc) is 2.73. The van der Waals surface area contributed by atoms with Crippen LogP contribution in [0.25, 0.3) is 0 Å². The summed E-state index contributed by atoms with van der Waals surface area (Å²) >= 11 is 0. The van der Waals surface area contributed by atoms with Gasteiger partial charge in [0.15, 0.2) is 0 Å². The van der Waals surface area contributed by atoms with E-state index in [1.54, 1.807) is 0 Å².